The van der Waals surface area contributed by atoms with Crippen LogP contribution in [-0.2, 0) is 9.53 Å². The summed E-state index contributed by atoms with van der Waals surface area (Å²) in [6.07, 6.45) is -4.67. The molecule has 0 aliphatic carbocycles. The van der Waals surface area contributed by atoms with Crippen LogP contribution in [0.1, 0.15) is 31.9 Å². The highest BCUT2D eigenvalue weighted by molar-refractivity contribution is 9.10. The number of hydrogen-bond acceptors (Lipinski definition) is 4. The first-order chi connectivity index (χ1) is 13.9. The third-order valence-corrected chi connectivity index (χ3v) is 4.96. The number of methoxy groups -OCH3 is 1. The minimum Gasteiger partial charge on any atom is -0.507 e. The Hall–Kier alpha value is -2.13. The molecular weight excluding hydrogens is 470 g/mol. The number of esters is 1. The molecule has 2 aromatic carbocycles. The maximum atomic E-state index is 14.8. The molecule has 2 rings (SSSR count). The molecule has 0 saturated carbocycles. The minimum absolute atomic E-state index is 0.0508. The third kappa shape index (κ3) is 5.95. The van der Waals surface area contributed by atoms with Crippen molar-refractivity contribution < 1.29 is 32.2 Å². The molecule has 0 saturated heterocycles. The Bertz CT molecular complexity index is 902. The second kappa shape index (κ2) is 9.78. The van der Waals surface area contributed by atoms with Crippen molar-refractivity contribution in [3.8, 4) is 16.9 Å². The Labute approximate surface area is 180 Å². The number of nitrogens with one attached hydrogen (secondary N) is 1. The summed E-state index contributed by atoms with van der Waals surface area (Å²) in [7, 11) is 1.10. The number of carbonyl (C=O) groups excluding carboxylic acids is 1. The van der Waals surface area contributed by atoms with Gasteiger partial charge in [-0.3, -0.25) is 10.1 Å². The predicted octanol–water partition coefficient (Wildman–Crippen LogP) is 5.74. The normalized spacial score (nSPS) is 13.9. The van der Waals surface area contributed by atoms with Gasteiger partial charge in [0.05, 0.1) is 7.11 Å². The first-order valence-corrected chi connectivity index (χ1v) is 9.92. The summed E-state index contributed by atoms with van der Waals surface area (Å²) in [6, 6.07) is 3.91. The van der Waals surface area contributed by atoms with E-state index in [1.807, 2.05) is 0 Å². The molecule has 0 radical (unpaired) electrons. The number of halogens is 5. The number of phenolic OH excluding ortho intramolecular Hbond substituents is 1. The molecule has 164 valence electrons. The van der Waals surface area contributed by atoms with Crippen LogP contribution in [0.25, 0.3) is 11.1 Å². The van der Waals surface area contributed by atoms with E-state index >= 15 is 0 Å². The topological polar surface area (TPSA) is 58.6 Å². The van der Waals surface area contributed by atoms with Gasteiger partial charge in [0, 0.05) is 15.6 Å². The summed E-state index contributed by atoms with van der Waals surface area (Å²) in [6.45, 7) is 3.53. The Morgan fingerprint density at radius 2 is 1.83 bits per heavy atom. The highest BCUT2D eigenvalue weighted by Crippen LogP contribution is 2.38. The van der Waals surface area contributed by atoms with Gasteiger partial charge in [-0.05, 0) is 42.2 Å². The van der Waals surface area contributed by atoms with Crippen LogP contribution in [0.5, 0.6) is 5.75 Å². The zero-order valence-electron chi connectivity index (χ0n) is 16.6. The standard InChI is InChI=1S/C21H22BrF4NO3/c1-11(2)8-17(20(29)30-3)27-19(21(24,25)26)12-4-6-14(16(23)9-12)15-10-13(22)5-7-18(15)28/h4-7,9-11,17,19,27-28H,8H2,1-3H3/t17-,19?/m0/s1. The summed E-state index contributed by atoms with van der Waals surface area (Å²) in [4.78, 5) is 12.0. The smallest absolute Gasteiger partial charge is 0.407 e. The summed E-state index contributed by atoms with van der Waals surface area (Å²) in [5, 5.41) is 12.3. The summed E-state index contributed by atoms with van der Waals surface area (Å²) in [5.74, 6) is -2.04. The fourth-order valence-electron chi connectivity index (χ4n) is 3.08. The van der Waals surface area contributed by atoms with Crippen LogP contribution >= 0.6 is 15.9 Å². The minimum atomic E-state index is -4.78. The molecule has 0 fully saturated rings. The van der Waals surface area contributed by atoms with Gasteiger partial charge in [0.2, 0.25) is 0 Å². The van der Waals surface area contributed by atoms with E-state index in [4.69, 9.17) is 0 Å². The van der Waals surface area contributed by atoms with Crippen molar-refractivity contribution in [2.75, 3.05) is 7.11 Å². The monoisotopic (exact) mass is 491 g/mol. The van der Waals surface area contributed by atoms with Crippen LogP contribution < -0.4 is 5.32 Å². The number of aromatic hydroxyl groups is 1. The lowest BCUT2D eigenvalue weighted by atomic mass is 9.97. The predicted molar refractivity (Wildman–Crippen MR) is 108 cm³/mol. The molecule has 9 heteroatoms. The molecule has 0 aliphatic heterocycles. The summed E-state index contributed by atoms with van der Waals surface area (Å²) in [5.41, 5.74) is -0.307. The van der Waals surface area contributed by atoms with Crippen molar-refractivity contribution in [2.24, 2.45) is 5.92 Å². The second-order valence-electron chi connectivity index (χ2n) is 7.25. The average molecular weight is 492 g/mol. The van der Waals surface area contributed by atoms with E-state index in [2.05, 4.69) is 26.0 Å². The first-order valence-electron chi connectivity index (χ1n) is 9.13. The number of rotatable bonds is 7. The molecule has 0 bridgehead atoms. The lowest BCUT2D eigenvalue weighted by molar-refractivity contribution is -0.164. The van der Waals surface area contributed by atoms with Gasteiger partial charge in [-0.1, -0.05) is 41.9 Å². The Morgan fingerprint density at radius 3 is 2.37 bits per heavy atom. The highest BCUT2D eigenvalue weighted by Gasteiger charge is 2.43. The molecule has 4 nitrogen and oxygen atoms in total. The third-order valence-electron chi connectivity index (χ3n) is 4.46. The van der Waals surface area contributed by atoms with Crippen molar-refractivity contribution in [1.82, 2.24) is 5.32 Å². The molecule has 0 amide bonds. The van der Waals surface area contributed by atoms with Gasteiger partial charge in [0.15, 0.2) is 0 Å². The Kier molecular flexibility index (Phi) is 7.87. The van der Waals surface area contributed by atoms with Gasteiger partial charge in [-0.25, -0.2) is 4.39 Å². The quantitative estimate of drug-likeness (QED) is 0.382. The van der Waals surface area contributed by atoms with E-state index in [9.17, 15) is 27.5 Å². The molecule has 0 aromatic heterocycles. The number of hydrogen-bond donors (Lipinski definition) is 2. The van der Waals surface area contributed by atoms with Gasteiger partial charge in [0.25, 0.3) is 0 Å². The molecular formula is C21H22BrF4NO3. The number of phenols is 1. The summed E-state index contributed by atoms with van der Waals surface area (Å²) >= 11 is 3.21. The average Bonchev–Trinajstić information content (AvgIpc) is 2.65. The SMILES string of the molecule is COC(=O)[C@H](CC(C)C)NC(c1ccc(-c2cc(Br)ccc2O)c(F)c1)C(F)(F)F. The van der Waals surface area contributed by atoms with Gasteiger partial charge >= 0.3 is 12.1 Å². The van der Waals surface area contributed by atoms with Crippen molar-refractivity contribution >= 4 is 21.9 Å². The molecule has 0 spiro atoms. The van der Waals surface area contributed by atoms with Gasteiger partial charge in [0.1, 0.15) is 23.7 Å². The van der Waals surface area contributed by atoms with Crippen molar-refractivity contribution in [2.45, 2.75) is 38.5 Å². The van der Waals surface area contributed by atoms with E-state index in [1.165, 1.54) is 18.2 Å². The van der Waals surface area contributed by atoms with Crippen molar-refractivity contribution in [1.29, 1.82) is 0 Å². The molecule has 0 aliphatic rings. The molecule has 2 N–H and O–H groups in total. The highest BCUT2D eigenvalue weighted by atomic mass is 79.9. The molecule has 2 aromatic rings. The van der Waals surface area contributed by atoms with Crippen LogP contribution in [-0.4, -0.2) is 30.4 Å². The summed E-state index contributed by atoms with van der Waals surface area (Å²) < 4.78 is 61.2. The zero-order valence-corrected chi connectivity index (χ0v) is 18.1. The van der Waals surface area contributed by atoms with Crippen LogP contribution in [0, 0.1) is 11.7 Å². The van der Waals surface area contributed by atoms with Gasteiger partial charge in [-0.15, -0.1) is 0 Å². The largest absolute Gasteiger partial charge is 0.507 e. The fraction of sp³-hybridized carbons (Fsp3) is 0.381. The Balaban J connectivity index is 2.44. The maximum absolute atomic E-state index is 14.8. The van der Waals surface area contributed by atoms with E-state index in [0.717, 1.165) is 19.2 Å². The van der Waals surface area contributed by atoms with E-state index in [0.29, 0.717) is 4.47 Å². The molecule has 30 heavy (non-hydrogen) atoms. The number of alkyl halides is 3. The zero-order chi connectivity index (χ0) is 22.6. The van der Waals surface area contributed by atoms with Gasteiger partial charge in [-0.2, -0.15) is 13.2 Å². The van der Waals surface area contributed by atoms with Crippen LogP contribution in [0.4, 0.5) is 17.6 Å². The van der Waals surface area contributed by atoms with Crippen molar-refractivity contribution in [3.05, 3.63) is 52.3 Å². The van der Waals surface area contributed by atoms with Crippen LogP contribution in [0.15, 0.2) is 40.9 Å². The van der Waals surface area contributed by atoms with E-state index < -0.39 is 35.6 Å². The van der Waals surface area contributed by atoms with Gasteiger partial charge < -0.3 is 9.84 Å². The number of carbonyl (C=O) groups is 1. The maximum Gasteiger partial charge on any atom is 0.407 e. The molecule has 2 atom stereocenters. The van der Waals surface area contributed by atoms with E-state index in [1.54, 1.807) is 19.9 Å². The molecule has 0 heterocycles. The molecule has 1 unspecified atom stereocenters. The lowest BCUT2D eigenvalue weighted by Gasteiger charge is -2.27. The van der Waals surface area contributed by atoms with Crippen LogP contribution in [0.2, 0.25) is 0 Å². The number of benzene rings is 2. The fourth-order valence-corrected chi connectivity index (χ4v) is 3.44. The lowest BCUT2D eigenvalue weighted by Crippen LogP contribution is -2.45. The van der Waals surface area contributed by atoms with E-state index in [-0.39, 0.29) is 29.2 Å². The first kappa shape index (κ1) is 24.1. The Morgan fingerprint density at radius 1 is 1.17 bits per heavy atom. The van der Waals surface area contributed by atoms with Crippen LogP contribution in [0.3, 0.4) is 0 Å². The second-order valence-corrected chi connectivity index (χ2v) is 8.16. The van der Waals surface area contributed by atoms with Crippen molar-refractivity contribution in [3.63, 3.8) is 0 Å². The number of ether oxygens (including phenoxy) is 1.